The van der Waals surface area contributed by atoms with Gasteiger partial charge >= 0.3 is 0 Å². The molecule has 1 amide bonds. The van der Waals surface area contributed by atoms with Crippen molar-refractivity contribution in [3.05, 3.63) is 34.6 Å². The van der Waals surface area contributed by atoms with Gasteiger partial charge in [-0.1, -0.05) is 50.6 Å². The number of hydrogen-bond donors (Lipinski definition) is 0. The monoisotopic (exact) mass is 415 g/mol. The molecule has 0 radical (unpaired) electrons. The first kappa shape index (κ1) is 20.4. The van der Waals surface area contributed by atoms with Gasteiger partial charge in [0.25, 0.3) is 5.56 Å². The van der Waals surface area contributed by atoms with Crippen LogP contribution in [0.15, 0.2) is 34.2 Å². The van der Waals surface area contributed by atoms with E-state index >= 15 is 0 Å². The number of carbonyl (C=O) groups is 1. The Bertz CT molecular complexity index is 939. The highest BCUT2D eigenvalue weighted by atomic mass is 32.2. The van der Waals surface area contributed by atoms with Crippen LogP contribution in [0, 0.1) is 11.8 Å². The van der Waals surface area contributed by atoms with Crippen LogP contribution in [-0.4, -0.2) is 52.4 Å². The summed E-state index contributed by atoms with van der Waals surface area (Å²) in [5.74, 6) is 1.34. The van der Waals surface area contributed by atoms with Crippen molar-refractivity contribution < 1.29 is 9.53 Å². The highest BCUT2D eigenvalue weighted by Crippen LogP contribution is 2.38. The smallest absolute Gasteiger partial charge is 0.262 e. The third kappa shape index (κ3) is 4.21. The molecule has 2 heterocycles. The molecule has 1 saturated heterocycles. The molecular weight excluding hydrogens is 386 g/mol. The first-order valence-electron chi connectivity index (χ1n) is 10.6. The summed E-state index contributed by atoms with van der Waals surface area (Å²) in [5.41, 5.74) is 0.717. The van der Waals surface area contributed by atoms with Crippen molar-refractivity contribution in [3.8, 4) is 0 Å². The van der Waals surface area contributed by atoms with Crippen LogP contribution in [0.2, 0.25) is 0 Å². The predicted octanol–water partition coefficient (Wildman–Crippen LogP) is 3.34. The van der Waals surface area contributed by atoms with Gasteiger partial charge in [-0.05, 0) is 30.4 Å². The molecular formula is C22H29N3O3S. The highest BCUT2D eigenvalue weighted by molar-refractivity contribution is 7.99. The van der Waals surface area contributed by atoms with E-state index in [1.54, 1.807) is 0 Å². The maximum absolute atomic E-state index is 13.4. The molecule has 156 valence electrons. The van der Waals surface area contributed by atoms with Gasteiger partial charge in [-0.3, -0.25) is 14.2 Å². The Hall–Kier alpha value is -1.86. The van der Waals surface area contributed by atoms with Crippen molar-refractivity contribution in [1.82, 2.24) is 14.5 Å². The number of morpholine rings is 1. The number of aromatic nitrogens is 2. The van der Waals surface area contributed by atoms with Crippen LogP contribution in [0.1, 0.15) is 39.2 Å². The summed E-state index contributed by atoms with van der Waals surface area (Å²) in [4.78, 5) is 32.8. The standard InChI is InChI=1S/C22H29N3O3S/c1-15-6-5-9-19(16(15)2)25-21(27)17-7-3-4-8-18(17)23-22(25)29-14-20(26)24-10-12-28-13-11-24/h3-4,7-8,15-16,19H,5-6,9-14H2,1-2H3/t15-,16-,19-/m1/s1. The number of amides is 1. The van der Waals surface area contributed by atoms with Crippen LogP contribution in [0.3, 0.4) is 0 Å². The maximum Gasteiger partial charge on any atom is 0.262 e. The van der Waals surface area contributed by atoms with Crippen LogP contribution >= 0.6 is 11.8 Å². The molecule has 0 unspecified atom stereocenters. The van der Waals surface area contributed by atoms with Crippen molar-refractivity contribution in [2.45, 2.75) is 44.3 Å². The van der Waals surface area contributed by atoms with Crippen LogP contribution in [-0.2, 0) is 9.53 Å². The Morgan fingerprint density at radius 3 is 2.76 bits per heavy atom. The largest absolute Gasteiger partial charge is 0.378 e. The lowest BCUT2D eigenvalue weighted by Gasteiger charge is -2.36. The average molecular weight is 416 g/mol. The Kier molecular flexibility index (Phi) is 6.25. The van der Waals surface area contributed by atoms with E-state index in [0.717, 1.165) is 12.8 Å². The molecule has 2 aliphatic rings. The molecule has 29 heavy (non-hydrogen) atoms. The van der Waals surface area contributed by atoms with Gasteiger partial charge in [0, 0.05) is 19.1 Å². The van der Waals surface area contributed by atoms with Crippen molar-refractivity contribution in [1.29, 1.82) is 0 Å². The lowest BCUT2D eigenvalue weighted by molar-refractivity contribution is -0.132. The molecule has 3 atom stereocenters. The molecule has 2 fully saturated rings. The molecule has 7 heteroatoms. The van der Waals surface area contributed by atoms with Gasteiger partial charge in [-0.15, -0.1) is 0 Å². The summed E-state index contributed by atoms with van der Waals surface area (Å²) in [7, 11) is 0. The fraction of sp³-hybridized carbons (Fsp3) is 0.591. The predicted molar refractivity (Wildman–Crippen MR) is 115 cm³/mol. The van der Waals surface area contributed by atoms with Gasteiger partial charge in [0.1, 0.15) is 0 Å². The number of thioether (sulfide) groups is 1. The lowest BCUT2D eigenvalue weighted by Crippen LogP contribution is -2.41. The molecule has 1 aromatic heterocycles. The Balaban J connectivity index is 1.67. The average Bonchev–Trinajstić information content (AvgIpc) is 2.75. The van der Waals surface area contributed by atoms with E-state index in [1.165, 1.54) is 18.2 Å². The second kappa shape index (κ2) is 8.88. The highest BCUT2D eigenvalue weighted by Gasteiger charge is 2.31. The molecule has 1 aromatic carbocycles. The van der Waals surface area contributed by atoms with E-state index in [-0.39, 0.29) is 17.5 Å². The van der Waals surface area contributed by atoms with Crippen molar-refractivity contribution in [2.24, 2.45) is 11.8 Å². The van der Waals surface area contributed by atoms with Crippen molar-refractivity contribution in [3.63, 3.8) is 0 Å². The van der Waals surface area contributed by atoms with Crippen molar-refractivity contribution >= 4 is 28.6 Å². The summed E-state index contributed by atoms with van der Waals surface area (Å²) in [5, 5.41) is 1.32. The summed E-state index contributed by atoms with van der Waals surface area (Å²) in [6.07, 6.45) is 3.30. The molecule has 6 nitrogen and oxygen atoms in total. The van der Waals surface area contributed by atoms with Crippen LogP contribution in [0.4, 0.5) is 0 Å². The van der Waals surface area contributed by atoms with Crippen LogP contribution < -0.4 is 5.56 Å². The molecule has 1 aliphatic heterocycles. The Morgan fingerprint density at radius 2 is 1.97 bits per heavy atom. The van der Waals surface area contributed by atoms with E-state index in [4.69, 9.17) is 9.72 Å². The van der Waals surface area contributed by atoms with E-state index in [9.17, 15) is 9.59 Å². The lowest BCUT2D eigenvalue weighted by atomic mass is 9.78. The molecule has 1 saturated carbocycles. The van der Waals surface area contributed by atoms with Gasteiger partial charge in [0.15, 0.2) is 5.16 Å². The van der Waals surface area contributed by atoms with Gasteiger partial charge in [-0.25, -0.2) is 4.98 Å². The number of para-hydroxylation sites is 1. The van der Waals surface area contributed by atoms with E-state index < -0.39 is 0 Å². The number of benzene rings is 1. The van der Waals surface area contributed by atoms with Crippen LogP contribution in [0.25, 0.3) is 10.9 Å². The summed E-state index contributed by atoms with van der Waals surface area (Å²) >= 11 is 1.39. The van der Waals surface area contributed by atoms with E-state index in [0.29, 0.717) is 60.0 Å². The first-order valence-corrected chi connectivity index (χ1v) is 11.5. The normalized spacial score (nSPS) is 25.3. The van der Waals surface area contributed by atoms with Gasteiger partial charge in [-0.2, -0.15) is 0 Å². The van der Waals surface area contributed by atoms with Crippen LogP contribution in [0.5, 0.6) is 0 Å². The van der Waals surface area contributed by atoms with E-state index in [2.05, 4.69) is 13.8 Å². The minimum absolute atomic E-state index is 0.0165. The Labute approximate surface area is 175 Å². The topological polar surface area (TPSA) is 64.4 Å². The summed E-state index contributed by atoms with van der Waals surface area (Å²) < 4.78 is 7.23. The zero-order valence-corrected chi connectivity index (χ0v) is 18.0. The molecule has 0 bridgehead atoms. The zero-order valence-electron chi connectivity index (χ0n) is 17.2. The quantitative estimate of drug-likeness (QED) is 0.566. The number of rotatable bonds is 4. The fourth-order valence-electron chi connectivity index (χ4n) is 4.47. The molecule has 1 aliphatic carbocycles. The summed E-state index contributed by atoms with van der Waals surface area (Å²) in [6.45, 7) is 6.96. The third-order valence-electron chi connectivity index (χ3n) is 6.46. The molecule has 4 rings (SSSR count). The molecule has 0 N–H and O–H groups in total. The van der Waals surface area contributed by atoms with Gasteiger partial charge in [0.2, 0.25) is 5.91 Å². The first-order chi connectivity index (χ1) is 14.1. The molecule has 2 aromatic rings. The number of carbonyl (C=O) groups excluding carboxylic acids is 1. The second-order valence-electron chi connectivity index (χ2n) is 8.20. The number of ether oxygens (including phenoxy) is 1. The van der Waals surface area contributed by atoms with E-state index in [1.807, 2.05) is 33.7 Å². The summed E-state index contributed by atoms with van der Waals surface area (Å²) in [6, 6.07) is 7.65. The van der Waals surface area contributed by atoms with Crippen molar-refractivity contribution in [2.75, 3.05) is 32.1 Å². The SMILES string of the molecule is C[C@@H]1[C@H](C)CCC[C@H]1n1c(SCC(=O)N2CCOCC2)nc2ccccc2c1=O. The fourth-order valence-corrected chi connectivity index (χ4v) is 5.42. The number of nitrogens with zero attached hydrogens (tertiary/aromatic N) is 3. The molecule has 0 spiro atoms. The van der Waals surface area contributed by atoms with Gasteiger partial charge < -0.3 is 9.64 Å². The maximum atomic E-state index is 13.4. The van der Waals surface area contributed by atoms with Gasteiger partial charge in [0.05, 0.1) is 29.9 Å². The number of fused-ring (bicyclic) bond motifs is 1. The third-order valence-corrected chi connectivity index (χ3v) is 7.40. The number of hydrogen-bond acceptors (Lipinski definition) is 5. The Morgan fingerprint density at radius 1 is 1.21 bits per heavy atom. The zero-order chi connectivity index (χ0) is 20.4. The minimum atomic E-state index is 0.0165. The second-order valence-corrected chi connectivity index (χ2v) is 9.15. The minimum Gasteiger partial charge on any atom is -0.378 e.